The Morgan fingerprint density at radius 1 is 1.38 bits per heavy atom. The molecule has 0 spiro atoms. The first-order chi connectivity index (χ1) is 9.98. The lowest BCUT2D eigenvalue weighted by Crippen LogP contribution is -2.41. The molecule has 2 N–H and O–H groups in total. The van der Waals surface area contributed by atoms with Crippen LogP contribution in [0.2, 0.25) is 5.02 Å². The molecule has 0 unspecified atom stereocenters. The average Bonchev–Trinajstić information content (AvgIpc) is 2.92. The monoisotopic (exact) mass is 309 g/mol. The number of halogens is 2. The van der Waals surface area contributed by atoms with Crippen molar-refractivity contribution in [3.8, 4) is 11.5 Å². The molecule has 1 aromatic heterocycles. The van der Waals surface area contributed by atoms with E-state index in [-0.39, 0.29) is 10.9 Å². The third kappa shape index (κ3) is 2.80. The number of hydrogen-bond donors (Lipinski definition) is 1. The Bertz CT molecular complexity index is 650. The molecule has 21 heavy (non-hydrogen) atoms. The molecule has 1 aliphatic carbocycles. The summed E-state index contributed by atoms with van der Waals surface area (Å²) in [6, 6.07) is 4.06. The first kappa shape index (κ1) is 14.5. The van der Waals surface area contributed by atoms with Crippen LogP contribution in [0, 0.1) is 11.7 Å². The molecule has 0 aliphatic heterocycles. The van der Waals surface area contributed by atoms with Gasteiger partial charge in [0.1, 0.15) is 5.82 Å². The van der Waals surface area contributed by atoms with Crippen molar-refractivity contribution in [1.29, 1.82) is 0 Å². The van der Waals surface area contributed by atoms with Crippen LogP contribution in [0.5, 0.6) is 0 Å². The van der Waals surface area contributed by atoms with Crippen molar-refractivity contribution in [2.75, 3.05) is 0 Å². The quantitative estimate of drug-likeness (QED) is 0.914. The Morgan fingerprint density at radius 3 is 2.76 bits per heavy atom. The molecule has 0 saturated heterocycles. The predicted molar refractivity (Wildman–Crippen MR) is 78.2 cm³/mol. The summed E-state index contributed by atoms with van der Waals surface area (Å²) < 4.78 is 18.4. The number of rotatable bonds is 2. The highest BCUT2D eigenvalue weighted by Gasteiger charge is 2.36. The van der Waals surface area contributed by atoms with E-state index in [4.69, 9.17) is 21.9 Å². The standard InChI is InChI=1S/C15H17ClFN3O/c1-9-4-6-15(18,7-5-9)14-19-13(21-20-14)11-3-2-10(17)8-12(11)16/h2-3,8-9H,4-7,18H2,1H3. The summed E-state index contributed by atoms with van der Waals surface area (Å²) in [5, 5.41) is 4.26. The van der Waals surface area contributed by atoms with E-state index >= 15 is 0 Å². The van der Waals surface area contributed by atoms with Gasteiger partial charge in [-0.25, -0.2) is 4.39 Å². The molecule has 1 aliphatic rings. The number of benzene rings is 1. The summed E-state index contributed by atoms with van der Waals surface area (Å²) in [7, 11) is 0. The van der Waals surface area contributed by atoms with Gasteiger partial charge in [0.25, 0.3) is 5.89 Å². The lowest BCUT2D eigenvalue weighted by Gasteiger charge is -2.33. The van der Waals surface area contributed by atoms with Crippen LogP contribution < -0.4 is 5.73 Å². The fourth-order valence-electron chi connectivity index (χ4n) is 2.70. The average molecular weight is 310 g/mol. The first-order valence-electron chi connectivity index (χ1n) is 7.06. The first-order valence-corrected chi connectivity index (χ1v) is 7.44. The van der Waals surface area contributed by atoms with Crippen molar-refractivity contribution < 1.29 is 8.91 Å². The molecule has 1 saturated carbocycles. The minimum Gasteiger partial charge on any atom is -0.334 e. The molecule has 1 aromatic carbocycles. The van der Waals surface area contributed by atoms with Crippen LogP contribution in [0.25, 0.3) is 11.5 Å². The van der Waals surface area contributed by atoms with Gasteiger partial charge in [0.15, 0.2) is 5.82 Å². The van der Waals surface area contributed by atoms with Crippen molar-refractivity contribution in [2.24, 2.45) is 11.7 Å². The smallest absolute Gasteiger partial charge is 0.259 e. The molecule has 0 atom stereocenters. The highest BCUT2D eigenvalue weighted by atomic mass is 35.5. The second-order valence-corrected chi connectivity index (χ2v) is 6.29. The highest BCUT2D eigenvalue weighted by Crippen LogP contribution is 2.37. The molecule has 0 radical (unpaired) electrons. The molecular weight excluding hydrogens is 293 g/mol. The van der Waals surface area contributed by atoms with Crippen molar-refractivity contribution >= 4 is 11.6 Å². The van der Waals surface area contributed by atoms with E-state index in [0.29, 0.717) is 17.3 Å². The van der Waals surface area contributed by atoms with Crippen LogP contribution >= 0.6 is 11.6 Å². The van der Waals surface area contributed by atoms with Crippen molar-refractivity contribution in [3.05, 3.63) is 34.9 Å². The molecule has 6 heteroatoms. The van der Waals surface area contributed by atoms with Gasteiger partial charge in [-0.2, -0.15) is 4.98 Å². The van der Waals surface area contributed by atoms with Crippen molar-refractivity contribution in [1.82, 2.24) is 10.1 Å². The maximum absolute atomic E-state index is 13.1. The second kappa shape index (κ2) is 5.39. The highest BCUT2D eigenvalue weighted by molar-refractivity contribution is 6.33. The summed E-state index contributed by atoms with van der Waals surface area (Å²) in [4.78, 5) is 4.38. The summed E-state index contributed by atoms with van der Waals surface area (Å²) in [5.74, 6) is 1.06. The van der Waals surface area contributed by atoms with Gasteiger partial charge < -0.3 is 10.3 Å². The summed E-state index contributed by atoms with van der Waals surface area (Å²) in [5.41, 5.74) is 6.40. The van der Waals surface area contributed by atoms with Crippen LogP contribution in [0.4, 0.5) is 4.39 Å². The number of hydrogen-bond acceptors (Lipinski definition) is 4. The van der Waals surface area contributed by atoms with Gasteiger partial charge >= 0.3 is 0 Å². The van der Waals surface area contributed by atoms with Crippen molar-refractivity contribution in [3.63, 3.8) is 0 Å². The van der Waals surface area contributed by atoms with Crippen LogP contribution in [0.3, 0.4) is 0 Å². The summed E-state index contributed by atoms with van der Waals surface area (Å²) in [6.07, 6.45) is 3.78. The van der Waals surface area contributed by atoms with Gasteiger partial charge in [-0.3, -0.25) is 0 Å². The van der Waals surface area contributed by atoms with E-state index in [1.54, 1.807) is 0 Å². The SMILES string of the molecule is CC1CCC(N)(c2noc(-c3ccc(F)cc3Cl)n2)CC1. The van der Waals surface area contributed by atoms with Gasteiger partial charge in [-0.15, -0.1) is 0 Å². The number of aromatic nitrogens is 2. The molecule has 4 nitrogen and oxygen atoms in total. The van der Waals surface area contributed by atoms with Crippen LogP contribution in [0.15, 0.2) is 22.7 Å². The van der Waals surface area contributed by atoms with E-state index in [2.05, 4.69) is 17.1 Å². The Hall–Kier alpha value is -1.46. The third-order valence-corrected chi connectivity index (χ3v) is 4.51. The molecule has 1 heterocycles. The summed E-state index contributed by atoms with van der Waals surface area (Å²) in [6.45, 7) is 2.22. The lowest BCUT2D eigenvalue weighted by molar-refractivity contribution is 0.230. The maximum Gasteiger partial charge on any atom is 0.259 e. The Labute approximate surface area is 127 Å². The van der Waals surface area contributed by atoms with E-state index in [1.165, 1.54) is 18.2 Å². The second-order valence-electron chi connectivity index (χ2n) is 5.89. The Balaban J connectivity index is 1.89. The maximum atomic E-state index is 13.1. The van der Waals surface area contributed by atoms with Crippen LogP contribution in [-0.4, -0.2) is 10.1 Å². The largest absolute Gasteiger partial charge is 0.334 e. The topological polar surface area (TPSA) is 64.9 Å². The molecule has 112 valence electrons. The fraction of sp³-hybridized carbons (Fsp3) is 0.467. The van der Waals surface area contributed by atoms with E-state index in [1.807, 2.05) is 0 Å². The normalized spacial score (nSPS) is 26.0. The molecular formula is C15H17ClFN3O. The number of nitrogens with two attached hydrogens (primary N) is 1. The minimum atomic E-state index is -0.541. The van der Waals surface area contributed by atoms with E-state index in [9.17, 15) is 4.39 Å². The zero-order chi connectivity index (χ0) is 15.0. The number of nitrogens with zero attached hydrogens (tertiary/aromatic N) is 2. The molecule has 0 amide bonds. The van der Waals surface area contributed by atoms with E-state index < -0.39 is 11.4 Å². The minimum absolute atomic E-state index is 0.244. The van der Waals surface area contributed by atoms with Gasteiger partial charge in [0.2, 0.25) is 0 Å². The van der Waals surface area contributed by atoms with Crippen molar-refractivity contribution in [2.45, 2.75) is 38.1 Å². The fourth-order valence-corrected chi connectivity index (χ4v) is 2.95. The van der Waals surface area contributed by atoms with Gasteiger partial charge in [-0.1, -0.05) is 23.7 Å². The Morgan fingerprint density at radius 2 is 2.10 bits per heavy atom. The molecule has 1 fully saturated rings. The van der Waals surface area contributed by atoms with E-state index in [0.717, 1.165) is 25.7 Å². The zero-order valence-corrected chi connectivity index (χ0v) is 12.5. The van der Waals surface area contributed by atoms with Crippen LogP contribution in [0.1, 0.15) is 38.4 Å². The predicted octanol–water partition coefficient (Wildman–Crippen LogP) is 3.89. The van der Waals surface area contributed by atoms with Gasteiger partial charge in [0.05, 0.1) is 16.1 Å². The zero-order valence-electron chi connectivity index (χ0n) is 11.8. The lowest BCUT2D eigenvalue weighted by atomic mass is 9.77. The van der Waals surface area contributed by atoms with Gasteiger partial charge in [0, 0.05) is 0 Å². The third-order valence-electron chi connectivity index (χ3n) is 4.20. The Kier molecular flexibility index (Phi) is 3.71. The summed E-state index contributed by atoms with van der Waals surface area (Å²) >= 11 is 6.01. The molecule has 0 bridgehead atoms. The van der Waals surface area contributed by atoms with Crippen LogP contribution in [-0.2, 0) is 5.54 Å². The van der Waals surface area contributed by atoms with Gasteiger partial charge in [-0.05, 0) is 49.8 Å². The molecule has 2 aromatic rings. The molecule has 3 rings (SSSR count).